The summed E-state index contributed by atoms with van der Waals surface area (Å²) in [6, 6.07) is 3.76. The first-order valence-corrected chi connectivity index (χ1v) is 5.65. The van der Waals surface area contributed by atoms with Crippen molar-refractivity contribution in [3.63, 3.8) is 0 Å². The largest absolute Gasteiger partial charge is 0.344 e. The van der Waals surface area contributed by atoms with Gasteiger partial charge in [-0.2, -0.15) is 0 Å². The van der Waals surface area contributed by atoms with Crippen LogP contribution < -0.4 is 5.32 Å². The third kappa shape index (κ3) is 2.89. The first kappa shape index (κ1) is 10.4. The second-order valence-electron chi connectivity index (χ2n) is 3.47. The molecule has 0 bridgehead atoms. The normalized spacial score (nSPS) is 16.1. The minimum absolute atomic E-state index is 0.193. The number of halogens is 1. The number of hydrogen-bond donors (Lipinski definition) is 1. The molecule has 0 saturated heterocycles. The molecular formula is C11H11BrN2O. The van der Waals surface area contributed by atoms with E-state index in [9.17, 15) is 4.79 Å². The van der Waals surface area contributed by atoms with Crippen LogP contribution in [0.15, 0.2) is 34.6 Å². The molecule has 0 aromatic carbocycles. The van der Waals surface area contributed by atoms with Crippen LogP contribution in [0.1, 0.15) is 19.3 Å². The van der Waals surface area contributed by atoms with E-state index in [-0.39, 0.29) is 5.78 Å². The molecule has 4 heteroatoms. The summed E-state index contributed by atoms with van der Waals surface area (Å²) in [6.45, 7) is 0. The van der Waals surface area contributed by atoms with E-state index in [1.165, 1.54) is 0 Å². The number of aromatic nitrogens is 1. The SMILES string of the molecule is O=C1C=C(Nc2cc(Br)ccn2)CCC1. The summed E-state index contributed by atoms with van der Waals surface area (Å²) in [7, 11) is 0. The van der Waals surface area contributed by atoms with Crippen molar-refractivity contribution >= 4 is 27.5 Å². The van der Waals surface area contributed by atoms with E-state index in [1.54, 1.807) is 12.3 Å². The van der Waals surface area contributed by atoms with E-state index < -0.39 is 0 Å². The van der Waals surface area contributed by atoms with Gasteiger partial charge in [-0.3, -0.25) is 4.79 Å². The van der Waals surface area contributed by atoms with Crippen molar-refractivity contribution in [3.05, 3.63) is 34.6 Å². The maximum absolute atomic E-state index is 11.2. The van der Waals surface area contributed by atoms with E-state index in [0.717, 1.165) is 28.8 Å². The molecule has 0 saturated carbocycles. The second kappa shape index (κ2) is 4.57. The highest BCUT2D eigenvalue weighted by Gasteiger charge is 2.09. The van der Waals surface area contributed by atoms with Gasteiger partial charge in [0.1, 0.15) is 5.82 Å². The van der Waals surface area contributed by atoms with Crippen molar-refractivity contribution in [2.45, 2.75) is 19.3 Å². The Morgan fingerprint density at radius 1 is 1.40 bits per heavy atom. The molecule has 0 atom stereocenters. The van der Waals surface area contributed by atoms with Crippen LogP contribution in [-0.2, 0) is 4.79 Å². The molecule has 1 aromatic rings. The quantitative estimate of drug-likeness (QED) is 0.895. The Balaban J connectivity index is 2.11. The Bertz CT molecular complexity index is 415. The van der Waals surface area contributed by atoms with Gasteiger partial charge in [0.15, 0.2) is 5.78 Å². The number of nitrogens with one attached hydrogen (secondary N) is 1. The van der Waals surface area contributed by atoms with Gasteiger partial charge in [0.05, 0.1) is 0 Å². The Kier molecular flexibility index (Phi) is 3.16. The van der Waals surface area contributed by atoms with E-state index in [1.807, 2.05) is 12.1 Å². The van der Waals surface area contributed by atoms with E-state index in [0.29, 0.717) is 6.42 Å². The van der Waals surface area contributed by atoms with Crippen LogP contribution in [0.5, 0.6) is 0 Å². The Hall–Kier alpha value is -1.16. The van der Waals surface area contributed by atoms with Gasteiger partial charge in [-0.15, -0.1) is 0 Å². The maximum Gasteiger partial charge on any atom is 0.157 e. The molecule has 0 unspecified atom stereocenters. The highest BCUT2D eigenvalue weighted by molar-refractivity contribution is 9.10. The number of nitrogens with zero attached hydrogens (tertiary/aromatic N) is 1. The number of rotatable bonds is 2. The zero-order valence-electron chi connectivity index (χ0n) is 8.16. The van der Waals surface area contributed by atoms with Gasteiger partial charge >= 0.3 is 0 Å². The van der Waals surface area contributed by atoms with Crippen molar-refractivity contribution in [3.8, 4) is 0 Å². The van der Waals surface area contributed by atoms with Crippen molar-refractivity contribution in [1.29, 1.82) is 0 Å². The molecule has 15 heavy (non-hydrogen) atoms. The van der Waals surface area contributed by atoms with Gasteiger partial charge in [-0.1, -0.05) is 15.9 Å². The number of carbonyl (C=O) groups is 1. The number of pyridine rings is 1. The van der Waals surface area contributed by atoms with Crippen molar-refractivity contribution < 1.29 is 4.79 Å². The second-order valence-corrected chi connectivity index (χ2v) is 4.39. The zero-order chi connectivity index (χ0) is 10.7. The van der Waals surface area contributed by atoms with Crippen molar-refractivity contribution in [2.24, 2.45) is 0 Å². The third-order valence-corrected chi connectivity index (χ3v) is 2.71. The van der Waals surface area contributed by atoms with E-state index >= 15 is 0 Å². The molecule has 1 heterocycles. The van der Waals surface area contributed by atoms with Crippen LogP contribution in [0.4, 0.5) is 5.82 Å². The fourth-order valence-corrected chi connectivity index (χ4v) is 1.86. The van der Waals surface area contributed by atoms with E-state index in [4.69, 9.17) is 0 Å². The third-order valence-electron chi connectivity index (χ3n) is 2.22. The van der Waals surface area contributed by atoms with Crippen LogP contribution in [0, 0.1) is 0 Å². The number of ketones is 1. The molecule has 1 aliphatic carbocycles. The summed E-state index contributed by atoms with van der Waals surface area (Å²) in [5.74, 6) is 0.962. The molecule has 78 valence electrons. The first-order valence-electron chi connectivity index (χ1n) is 4.86. The lowest BCUT2D eigenvalue weighted by Crippen LogP contribution is -2.09. The summed E-state index contributed by atoms with van der Waals surface area (Å²) in [6.07, 6.45) is 5.90. The lowest BCUT2D eigenvalue weighted by Gasteiger charge is -2.13. The molecule has 2 rings (SSSR count). The van der Waals surface area contributed by atoms with Gasteiger partial charge < -0.3 is 5.32 Å². The monoisotopic (exact) mass is 266 g/mol. The number of anilines is 1. The van der Waals surface area contributed by atoms with Gasteiger partial charge in [-0.05, 0) is 25.0 Å². The summed E-state index contributed by atoms with van der Waals surface area (Å²) >= 11 is 3.37. The topological polar surface area (TPSA) is 42.0 Å². The Morgan fingerprint density at radius 2 is 2.27 bits per heavy atom. The van der Waals surface area contributed by atoms with Gasteiger partial charge in [0.2, 0.25) is 0 Å². The summed E-state index contributed by atoms with van der Waals surface area (Å²) in [5, 5.41) is 3.15. The Morgan fingerprint density at radius 3 is 3.00 bits per heavy atom. The van der Waals surface area contributed by atoms with Crippen LogP contribution in [-0.4, -0.2) is 10.8 Å². The summed E-state index contributed by atoms with van der Waals surface area (Å²) in [5.41, 5.74) is 0.955. The van der Waals surface area contributed by atoms with Gasteiger partial charge in [0, 0.05) is 28.9 Å². The van der Waals surface area contributed by atoms with Crippen LogP contribution >= 0.6 is 15.9 Å². The van der Waals surface area contributed by atoms with Crippen LogP contribution in [0.3, 0.4) is 0 Å². The van der Waals surface area contributed by atoms with Gasteiger partial charge in [-0.25, -0.2) is 4.98 Å². The fourth-order valence-electron chi connectivity index (χ4n) is 1.53. The molecule has 1 aromatic heterocycles. The molecule has 0 spiro atoms. The predicted octanol–water partition coefficient (Wildman–Crippen LogP) is 2.89. The highest BCUT2D eigenvalue weighted by Crippen LogP contribution is 2.19. The lowest BCUT2D eigenvalue weighted by molar-refractivity contribution is -0.115. The standard InChI is InChI=1S/C11H11BrN2O/c12-8-4-5-13-11(6-8)14-9-2-1-3-10(15)7-9/h4-7H,1-3H2,(H,13,14). The van der Waals surface area contributed by atoms with Crippen molar-refractivity contribution in [1.82, 2.24) is 4.98 Å². The molecule has 0 aliphatic heterocycles. The van der Waals surface area contributed by atoms with Crippen LogP contribution in [0.2, 0.25) is 0 Å². The number of allylic oxidation sites excluding steroid dienone is 2. The molecule has 1 N–H and O–H groups in total. The lowest BCUT2D eigenvalue weighted by atomic mass is 10.0. The molecular weight excluding hydrogens is 256 g/mol. The molecule has 0 radical (unpaired) electrons. The van der Waals surface area contributed by atoms with Crippen LogP contribution in [0.25, 0.3) is 0 Å². The highest BCUT2D eigenvalue weighted by atomic mass is 79.9. The fraction of sp³-hybridized carbons (Fsp3) is 0.273. The summed E-state index contributed by atoms with van der Waals surface area (Å²) in [4.78, 5) is 15.4. The Labute approximate surface area is 96.7 Å². The molecule has 0 amide bonds. The molecule has 1 aliphatic rings. The molecule has 3 nitrogen and oxygen atoms in total. The first-order chi connectivity index (χ1) is 7.24. The average molecular weight is 267 g/mol. The number of carbonyl (C=O) groups excluding carboxylic acids is 1. The predicted molar refractivity (Wildman–Crippen MR) is 62.5 cm³/mol. The minimum Gasteiger partial charge on any atom is -0.344 e. The summed E-state index contributed by atoms with van der Waals surface area (Å²) < 4.78 is 0.975. The average Bonchev–Trinajstić information content (AvgIpc) is 2.17. The smallest absolute Gasteiger partial charge is 0.157 e. The zero-order valence-corrected chi connectivity index (χ0v) is 9.75. The van der Waals surface area contributed by atoms with Crippen molar-refractivity contribution in [2.75, 3.05) is 5.32 Å². The van der Waals surface area contributed by atoms with E-state index in [2.05, 4.69) is 26.2 Å². The molecule has 0 fully saturated rings. The number of hydrogen-bond acceptors (Lipinski definition) is 3. The minimum atomic E-state index is 0.193. The maximum atomic E-state index is 11.2. The van der Waals surface area contributed by atoms with Gasteiger partial charge in [0.25, 0.3) is 0 Å².